The second-order valence-corrected chi connectivity index (χ2v) is 7.94. The van der Waals surface area contributed by atoms with Gasteiger partial charge in [-0.2, -0.15) is 0 Å². The molecule has 0 unspecified atom stereocenters. The molecule has 0 saturated heterocycles. The molecule has 0 saturated carbocycles. The number of hydrogen-bond donors (Lipinski definition) is 1. The van der Waals surface area contributed by atoms with Crippen molar-refractivity contribution in [1.29, 1.82) is 0 Å². The minimum Gasteiger partial charge on any atom is -0.465 e. The molecule has 0 radical (unpaired) electrons. The van der Waals surface area contributed by atoms with Crippen LogP contribution >= 0.6 is 27.3 Å². The molecule has 0 spiro atoms. The van der Waals surface area contributed by atoms with Crippen LogP contribution in [0, 0.1) is 5.92 Å². The standard InChI is InChI=1S/C18H18BrNO3S/c1-10-7-8-12-14(9-10)24-17(15(12)18(22)23-2)20-16(21)11-5-3-4-6-13(11)19/h3-6,10H,7-9H2,1-2H3,(H,20,21)/t10-/m1/s1. The fourth-order valence-corrected chi connectivity index (χ4v) is 4.83. The molecule has 6 heteroatoms. The van der Waals surface area contributed by atoms with Gasteiger partial charge < -0.3 is 10.1 Å². The minimum absolute atomic E-state index is 0.237. The molecule has 2 aromatic rings. The SMILES string of the molecule is COC(=O)c1c(NC(=O)c2ccccc2Br)sc2c1CC[C@@H](C)C2. The summed E-state index contributed by atoms with van der Waals surface area (Å²) in [5.41, 5.74) is 2.09. The predicted octanol–water partition coefficient (Wildman–Crippen LogP) is 4.67. The van der Waals surface area contributed by atoms with E-state index in [1.165, 1.54) is 23.3 Å². The largest absolute Gasteiger partial charge is 0.465 e. The molecule has 1 aliphatic carbocycles. The summed E-state index contributed by atoms with van der Waals surface area (Å²) in [5.74, 6) is -0.0304. The topological polar surface area (TPSA) is 55.4 Å². The zero-order valence-corrected chi connectivity index (χ0v) is 15.9. The molecule has 1 aromatic carbocycles. The zero-order valence-electron chi connectivity index (χ0n) is 13.5. The van der Waals surface area contributed by atoms with Crippen molar-refractivity contribution in [2.45, 2.75) is 26.2 Å². The van der Waals surface area contributed by atoms with Crippen LogP contribution in [0.15, 0.2) is 28.7 Å². The number of rotatable bonds is 3. The Labute approximate surface area is 153 Å². The number of amides is 1. The third-order valence-corrected chi connectivity index (χ3v) is 6.11. The summed E-state index contributed by atoms with van der Waals surface area (Å²) in [6, 6.07) is 7.22. The van der Waals surface area contributed by atoms with Crippen LogP contribution in [0.4, 0.5) is 5.00 Å². The first-order chi connectivity index (χ1) is 11.5. The van der Waals surface area contributed by atoms with Crippen molar-refractivity contribution >= 4 is 44.1 Å². The van der Waals surface area contributed by atoms with Crippen LogP contribution in [-0.4, -0.2) is 19.0 Å². The molecule has 24 heavy (non-hydrogen) atoms. The van der Waals surface area contributed by atoms with Gasteiger partial charge in [-0.25, -0.2) is 4.79 Å². The Morgan fingerprint density at radius 1 is 1.33 bits per heavy atom. The van der Waals surface area contributed by atoms with E-state index in [1.807, 2.05) is 18.2 Å². The summed E-state index contributed by atoms with van der Waals surface area (Å²) in [5, 5.41) is 3.49. The normalized spacial score (nSPS) is 16.4. The monoisotopic (exact) mass is 407 g/mol. The van der Waals surface area contributed by atoms with Crippen molar-refractivity contribution in [2.75, 3.05) is 12.4 Å². The minimum atomic E-state index is -0.385. The number of ether oxygens (including phenoxy) is 1. The molecule has 0 bridgehead atoms. The Bertz CT molecular complexity index is 800. The lowest BCUT2D eigenvalue weighted by Gasteiger charge is -2.18. The first kappa shape index (κ1) is 17.2. The number of esters is 1. The lowest BCUT2D eigenvalue weighted by molar-refractivity contribution is 0.0601. The number of carbonyl (C=O) groups excluding carboxylic acids is 2. The van der Waals surface area contributed by atoms with Crippen LogP contribution in [0.3, 0.4) is 0 Å². The molecule has 1 atom stereocenters. The zero-order chi connectivity index (χ0) is 17.3. The maximum absolute atomic E-state index is 12.6. The average Bonchev–Trinajstić information content (AvgIpc) is 2.91. The van der Waals surface area contributed by atoms with Gasteiger partial charge in [0.25, 0.3) is 5.91 Å². The van der Waals surface area contributed by atoms with E-state index in [4.69, 9.17) is 4.74 Å². The number of halogens is 1. The molecule has 1 heterocycles. The third-order valence-electron chi connectivity index (χ3n) is 4.25. The number of methoxy groups -OCH3 is 1. The third kappa shape index (κ3) is 3.26. The molecule has 1 amide bonds. The van der Waals surface area contributed by atoms with E-state index in [2.05, 4.69) is 28.2 Å². The van der Waals surface area contributed by atoms with Crippen molar-refractivity contribution in [2.24, 2.45) is 5.92 Å². The lowest BCUT2D eigenvalue weighted by atomic mass is 9.88. The summed E-state index contributed by atoms with van der Waals surface area (Å²) in [6.07, 6.45) is 2.84. The fraction of sp³-hybridized carbons (Fsp3) is 0.333. The molecular formula is C18H18BrNO3S. The highest BCUT2D eigenvalue weighted by Crippen LogP contribution is 2.40. The summed E-state index contributed by atoms with van der Waals surface area (Å²) in [6.45, 7) is 2.21. The summed E-state index contributed by atoms with van der Waals surface area (Å²) in [7, 11) is 1.37. The van der Waals surface area contributed by atoms with Crippen molar-refractivity contribution in [1.82, 2.24) is 0 Å². The first-order valence-electron chi connectivity index (χ1n) is 7.80. The molecule has 3 rings (SSSR count). The van der Waals surface area contributed by atoms with E-state index in [9.17, 15) is 9.59 Å². The van der Waals surface area contributed by atoms with Gasteiger partial charge in [0.1, 0.15) is 5.00 Å². The van der Waals surface area contributed by atoms with E-state index >= 15 is 0 Å². The number of anilines is 1. The van der Waals surface area contributed by atoms with Crippen LogP contribution in [0.2, 0.25) is 0 Å². The number of benzene rings is 1. The van der Waals surface area contributed by atoms with Crippen molar-refractivity contribution in [3.63, 3.8) is 0 Å². The quantitative estimate of drug-likeness (QED) is 0.751. The first-order valence-corrected chi connectivity index (χ1v) is 9.41. The highest BCUT2D eigenvalue weighted by atomic mass is 79.9. The van der Waals surface area contributed by atoms with E-state index in [-0.39, 0.29) is 11.9 Å². The van der Waals surface area contributed by atoms with Crippen LogP contribution in [0.5, 0.6) is 0 Å². The van der Waals surface area contributed by atoms with Gasteiger partial charge >= 0.3 is 5.97 Å². The number of thiophene rings is 1. The second kappa shape index (κ2) is 7.07. The van der Waals surface area contributed by atoms with Gasteiger partial charge in [0.05, 0.1) is 18.2 Å². The predicted molar refractivity (Wildman–Crippen MR) is 98.9 cm³/mol. The molecule has 0 aliphatic heterocycles. The fourth-order valence-electron chi connectivity index (χ4n) is 2.97. The molecule has 1 aromatic heterocycles. The van der Waals surface area contributed by atoms with E-state index in [0.717, 1.165) is 29.3 Å². The van der Waals surface area contributed by atoms with E-state index in [0.29, 0.717) is 22.0 Å². The van der Waals surface area contributed by atoms with Crippen molar-refractivity contribution in [3.05, 3.63) is 50.3 Å². The number of hydrogen-bond acceptors (Lipinski definition) is 4. The van der Waals surface area contributed by atoms with Gasteiger partial charge in [-0.15, -0.1) is 11.3 Å². The summed E-state index contributed by atoms with van der Waals surface area (Å²) >= 11 is 4.88. The molecule has 4 nitrogen and oxygen atoms in total. The second-order valence-electron chi connectivity index (χ2n) is 5.98. The van der Waals surface area contributed by atoms with Crippen LogP contribution in [0.1, 0.15) is 44.5 Å². The number of carbonyl (C=O) groups is 2. The number of nitrogens with one attached hydrogen (secondary N) is 1. The maximum atomic E-state index is 12.6. The number of fused-ring (bicyclic) bond motifs is 1. The van der Waals surface area contributed by atoms with Crippen LogP contribution in [-0.2, 0) is 17.6 Å². The van der Waals surface area contributed by atoms with Gasteiger partial charge in [-0.05, 0) is 58.8 Å². The summed E-state index contributed by atoms with van der Waals surface area (Å²) < 4.78 is 5.67. The smallest absolute Gasteiger partial charge is 0.341 e. The van der Waals surface area contributed by atoms with Gasteiger partial charge in [-0.3, -0.25) is 4.79 Å². The summed E-state index contributed by atoms with van der Waals surface area (Å²) in [4.78, 5) is 26.0. The van der Waals surface area contributed by atoms with Crippen molar-refractivity contribution in [3.8, 4) is 0 Å². The van der Waals surface area contributed by atoms with Crippen LogP contribution in [0.25, 0.3) is 0 Å². The molecule has 0 fully saturated rings. The maximum Gasteiger partial charge on any atom is 0.341 e. The van der Waals surface area contributed by atoms with Gasteiger partial charge in [-0.1, -0.05) is 19.1 Å². The van der Waals surface area contributed by atoms with Crippen molar-refractivity contribution < 1.29 is 14.3 Å². The average molecular weight is 408 g/mol. The Kier molecular flexibility index (Phi) is 5.06. The molecular weight excluding hydrogens is 390 g/mol. The lowest BCUT2D eigenvalue weighted by Crippen LogP contribution is -2.16. The Morgan fingerprint density at radius 2 is 2.08 bits per heavy atom. The van der Waals surface area contributed by atoms with Gasteiger partial charge in [0.2, 0.25) is 0 Å². The molecule has 126 valence electrons. The van der Waals surface area contributed by atoms with E-state index < -0.39 is 0 Å². The highest BCUT2D eigenvalue weighted by Gasteiger charge is 2.29. The Balaban J connectivity index is 1.97. The van der Waals surface area contributed by atoms with Gasteiger partial charge in [0.15, 0.2) is 0 Å². The van der Waals surface area contributed by atoms with Crippen LogP contribution < -0.4 is 5.32 Å². The molecule has 1 N–H and O–H groups in total. The Hall–Kier alpha value is -1.66. The van der Waals surface area contributed by atoms with Gasteiger partial charge in [0, 0.05) is 9.35 Å². The molecule has 1 aliphatic rings. The van der Waals surface area contributed by atoms with E-state index in [1.54, 1.807) is 6.07 Å². The highest BCUT2D eigenvalue weighted by molar-refractivity contribution is 9.10. The Morgan fingerprint density at radius 3 is 2.79 bits per heavy atom.